The Balaban J connectivity index is 1.74. The minimum absolute atomic E-state index is 0.253. The van der Waals surface area contributed by atoms with E-state index in [-0.39, 0.29) is 5.54 Å². The molecule has 3 rings (SSSR count). The number of pyridine rings is 1. The lowest BCUT2D eigenvalue weighted by Crippen LogP contribution is -2.57. The van der Waals surface area contributed by atoms with Gasteiger partial charge >= 0.3 is 0 Å². The van der Waals surface area contributed by atoms with Gasteiger partial charge in [0.15, 0.2) is 0 Å². The Morgan fingerprint density at radius 3 is 2.77 bits per heavy atom. The second-order valence-corrected chi connectivity index (χ2v) is 7.47. The molecule has 1 aliphatic carbocycles. The summed E-state index contributed by atoms with van der Waals surface area (Å²) in [6.45, 7) is 3.29. The molecule has 2 aliphatic rings. The monoisotopic (exact) mass is 316 g/mol. The molecule has 5 heteroatoms. The molecule has 0 amide bonds. The lowest BCUT2D eigenvalue weighted by Gasteiger charge is -2.48. The lowest BCUT2D eigenvalue weighted by molar-refractivity contribution is 0.0706. The number of hydrogen-bond donors (Lipinski definition) is 1. The van der Waals surface area contributed by atoms with E-state index in [9.17, 15) is 5.26 Å². The van der Waals surface area contributed by atoms with Crippen LogP contribution in [0.5, 0.6) is 0 Å². The Labute approximate surface area is 137 Å². The molecule has 0 aromatic carbocycles. The molecule has 1 aliphatic heterocycles. The Kier molecular flexibility index (Phi) is 5.22. The van der Waals surface area contributed by atoms with E-state index in [2.05, 4.69) is 33.0 Å². The van der Waals surface area contributed by atoms with Crippen molar-refractivity contribution in [1.29, 1.82) is 5.26 Å². The van der Waals surface area contributed by atoms with Crippen LogP contribution in [0.3, 0.4) is 0 Å². The first kappa shape index (κ1) is 15.6. The number of anilines is 1. The van der Waals surface area contributed by atoms with Crippen molar-refractivity contribution in [2.24, 2.45) is 0 Å². The molecule has 0 atom stereocenters. The van der Waals surface area contributed by atoms with E-state index in [0.29, 0.717) is 5.56 Å². The van der Waals surface area contributed by atoms with Gasteiger partial charge in [-0.1, -0.05) is 19.3 Å². The molecule has 2 fully saturated rings. The molecular weight excluding hydrogens is 292 g/mol. The maximum Gasteiger partial charge on any atom is 0.143 e. The maximum atomic E-state index is 9.23. The van der Waals surface area contributed by atoms with Gasteiger partial charge in [0.2, 0.25) is 0 Å². The molecule has 118 valence electrons. The van der Waals surface area contributed by atoms with Gasteiger partial charge in [-0.3, -0.25) is 4.90 Å². The molecule has 0 radical (unpaired) electrons. The third kappa shape index (κ3) is 3.39. The van der Waals surface area contributed by atoms with Crippen molar-refractivity contribution in [2.75, 3.05) is 36.5 Å². The minimum atomic E-state index is 0.253. The fourth-order valence-corrected chi connectivity index (χ4v) is 4.64. The van der Waals surface area contributed by atoms with Gasteiger partial charge in [0.1, 0.15) is 11.9 Å². The van der Waals surface area contributed by atoms with Crippen LogP contribution in [0.4, 0.5) is 5.82 Å². The zero-order valence-electron chi connectivity index (χ0n) is 13.1. The van der Waals surface area contributed by atoms with E-state index >= 15 is 0 Å². The van der Waals surface area contributed by atoms with Gasteiger partial charge in [0.05, 0.1) is 5.56 Å². The SMILES string of the molecule is N#Cc1cccnc1NCC1(N2CCSCC2)CCCCC1. The summed E-state index contributed by atoms with van der Waals surface area (Å²) in [4.78, 5) is 7.05. The van der Waals surface area contributed by atoms with Crippen molar-refractivity contribution >= 4 is 17.6 Å². The Hall–Kier alpha value is -1.25. The standard InChI is InChI=1S/C17H24N4S/c18-13-15-5-4-8-19-16(15)20-14-17(6-2-1-3-7-17)21-9-11-22-12-10-21/h4-5,8H,1-3,6-7,9-12,14H2,(H,19,20). The van der Waals surface area contributed by atoms with E-state index in [0.717, 1.165) is 12.4 Å². The summed E-state index contributed by atoms with van der Waals surface area (Å²) in [6.07, 6.45) is 8.28. The van der Waals surface area contributed by atoms with Crippen LogP contribution < -0.4 is 5.32 Å². The van der Waals surface area contributed by atoms with Crippen LogP contribution in [0.1, 0.15) is 37.7 Å². The smallest absolute Gasteiger partial charge is 0.143 e. The first-order valence-corrected chi connectivity index (χ1v) is 9.41. The predicted octanol–water partition coefficient (Wildman–Crippen LogP) is 3.12. The molecule has 0 spiro atoms. The van der Waals surface area contributed by atoms with Crippen LogP contribution in [0.25, 0.3) is 0 Å². The van der Waals surface area contributed by atoms with Crippen LogP contribution >= 0.6 is 11.8 Å². The maximum absolute atomic E-state index is 9.23. The highest BCUT2D eigenvalue weighted by Crippen LogP contribution is 2.35. The average molecular weight is 316 g/mol. The van der Waals surface area contributed by atoms with Gasteiger partial charge < -0.3 is 5.32 Å². The van der Waals surface area contributed by atoms with Crippen molar-refractivity contribution in [3.05, 3.63) is 23.9 Å². The van der Waals surface area contributed by atoms with Crippen LogP contribution in [0, 0.1) is 11.3 Å². The van der Waals surface area contributed by atoms with Crippen LogP contribution in [0.15, 0.2) is 18.3 Å². The Bertz CT molecular complexity index is 528. The summed E-state index contributed by atoms with van der Waals surface area (Å²) in [7, 11) is 0. The highest BCUT2D eigenvalue weighted by molar-refractivity contribution is 7.99. The van der Waals surface area contributed by atoms with Gasteiger partial charge in [-0.05, 0) is 25.0 Å². The number of nitrogens with one attached hydrogen (secondary N) is 1. The third-order valence-corrected chi connectivity index (χ3v) is 5.92. The quantitative estimate of drug-likeness (QED) is 0.925. The number of rotatable bonds is 4. The molecule has 1 saturated heterocycles. The summed E-state index contributed by atoms with van der Waals surface area (Å²) < 4.78 is 0. The van der Waals surface area contributed by atoms with Crippen molar-refractivity contribution in [1.82, 2.24) is 9.88 Å². The highest BCUT2D eigenvalue weighted by Gasteiger charge is 2.38. The van der Waals surface area contributed by atoms with Crippen molar-refractivity contribution in [2.45, 2.75) is 37.6 Å². The van der Waals surface area contributed by atoms with Gasteiger partial charge in [0, 0.05) is 42.9 Å². The topological polar surface area (TPSA) is 52.0 Å². The van der Waals surface area contributed by atoms with E-state index in [4.69, 9.17) is 0 Å². The first-order valence-electron chi connectivity index (χ1n) is 8.26. The lowest BCUT2D eigenvalue weighted by atomic mass is 9.80. The molecule has 4 nitrogen and oxygen atoms in total. The number of thioether (sulfide) groups is 1. The molecule has 1 aromatic heterocycles. The molecule has 1 aromatic rings. The number of aromatic nitrogens is 1. The molecule has 1 N–H and O–H groups in total. The highest BCUT2D eigenvalue weighted by atomic mass is 32.2. The van der Waals surface area contributed by atoms with Crippen LogP contribution in [-0.2, 0) is 0 Å². The molecule has 0 unspecified atom stereocenters. The van der Waals surface area contributed by atoms with E-state index in [1.54, 1.807) is 6.20 Å². The summed E-state index contributed by atoms with van der Waals surface area (Å²) in [6, 6.07) is 5.89. The zero-order valence-corrected chi connectivity index (χ0v) is 13.9. The Morgan fingerprint density at radius 2 is 2.05 bits per heavy atom. The van der Waals surface area contributed by atoms with Crippen LogP contribution in [-0.4, -0.2) is 46.6 Å². The Morgan fingerprint density at radius 1 is 1.27 bits per heavy atom. The largest absolute Gasteiger partial charge is 0.367 e. The predicted molar refractivity (Wildman–Crippen MR) is 92.2 cm³/mol. The summed E-state index contributed by atoms with van der Waals surface area (Å²) in [5.74, 6) is 3.23. The van der Waals surface area contributed by atoms with Crippen molar-refractivity contribution in [3.63, 3.8) is 0 Å². The van der Waals surface area contributed by atoms with Crippen LogP contribution in [0.2, 0.25) is 0 Å². The number of nitrogens with zero attached hydrogens (tertiary/aromatic N) is 3. The average Bonchev–Trinajstić information content (AvgIpc) is 2.62. The number of nitriles is 1. The number of hydrogen-bond acceptors (Lipinski definition) is 5. The van der Waals surface area contributed by atoms with Gasteiger partial charge in [-0.2, -0.15) is 17.0 Å². The second-order valence-electron chi connectivity index (χ2n) is 6.25. The molecule has 0 bridgehead atoms. The first-order chi connectivity index (χ1) is 10.8. The van der Waals surface area contributed by atoms with E-state index in [1.807, 2.05) is 12.1 Å². The third-order valence-electron chi connectivity index (χ3n) is 4.98. The molecule has 1 saturated carbocycles. The van der Waals surface area contributed by atoms with Gasteiger partial charge in [-0.15, -0.1) is 0 Å². The van der Waals surface area contributed by atoms with Crippen molar-refractivity contribution < 1.29 is 0 Å². The fraction of sp³-hybridized carbons (Fsp3) is 0.647. The van der Waals surface area contributed by atoms with E-state index in [1.165, 1.54) is 56.7 Å². The van der Waals surface area contributed by atoms with Crippen molar-refractivity contribution in [3.8, 4) is 6.07 Å². The fourth-order valence-electron chi connectivity index (χ4n) is 3.74. The summed E-state index contributed by atoms with van der Waals surface area (Å²) in [5, 5.41) is 12.7. The summed E-state index contributed by atoms with van der Waals surface area (Å²) in [5.41, 5.74) is 0.895. The summed E-state index contributed by atoms with van der Waals surface area (Å²) >= 11 is 2.06. The van der Waals surface area contributed by atoms with Gasteiger partial charge in [0.25, 0.3) is 0 Å². The second kappa shape index (κ2) is 7.34. The normalized spacial score (nSPS) is 22.0. The zero-order chi connectivity index (χ0) is 15.3. The van der Waals surface area contributed by atoms with E-state index < -0.39 is 0 Å². The molecule has 22 heavy (non-hydrogen) atoms. The molecule has 2 heterocycles. The minimum Gasteiger partial charge on any atom is -0.367 e. The molecular formula is C17H24N4S. The van der Waals surface area contributed by atoms with Gasteiger partial charge in [-0.25, -0.2) is 4.98 Å².